The van der Waals surface area contributed by atoms with Crippen LogP contribution in [0.4, 0.5) is 0 Å². The van der Waals surface area contributed by atoms with E-state index in [4.69, 9.17) is 0 Å². The molecule has 0 saturated carbocycles. The van der Waals surface area contributed by atoms with E-state index < -0.39 is 0 Å². The molecule has 2 nitrogen and oxygen atoms in total. The van der Waals surface area contributed by atoms with Crippen molar-refractivity contribution in [1.82, 2.24) is 10.2 Å². The third kappa shape index (κ3) is 4.77. The maximum Gasteiger partial charge on any atom is 0.0236 e. The molecule has 0 saturated heterocycles. The minimum atomic E-state index is 0.608. The first-order valence-corrected chi connectivity index (χ1v) is 6.16. The van der Waals surface area contributed by atoms with Gasteiger partial charge in [0.15, 0.2) is 0 Å². The van der Waals surface area contributed by atoms with Gasteiger partial charge in [-0.1, -0.05) is 30.3 Å². The molecule has 1 N–H and O–H groups in total. The van der Waals surface area contributed by atoms with E-state index in [2.05, 4.69) is 54.4 Å². The molecule has 0 radical (unpaired) electrons. The summed E-state index contributed by atoms with van der Waals surface area (Å²) in [6, 6.07) is 11.3. The zero-order chi connectivity index (χ0) is 11.8. The monoisotopic (exact) mass is 220 g/mol. The van der Waals surface area contributed by atoms with Gasteiger partial charge in [0.2, 0.25) is 0 Å². The average Bonchev–Trinajstić information content (AvgIpc) is 2.29. The van der Waals surface area contributed by atoms with Crippen LogP contribution in [0.2, 0.25) is 0 Å². The van der Waals surface area contributed by atoms with Crippen molar-refractivity contribution >= 4 is 0 Å². The molecule has 2 heteroatoms. The second kappa shape index (κ2) is 7.42. The molecular weight excluding hydrogens is 196 g/mol. The van der Waals surface area contributed by atoms with Crippen molar-refractivity contribution in [1.29, 1.82) is 0 Å². The predicted octanol–water partition coefficient (Wildman–Crippen LogP) is 2.51. The van der Waals surface area contributed by atoms with Crippen LogP contribution < -0.4 is 5.32 Å². The molecule has 0 aliphatic heterocycles. The Kier molecular flexibility index (Phi) is 6.12. The zero-order valence-corrected chi connectivity index (χ0v) is 10.7. The van der Waals surface area contributed by atoms with Crippen LogP contribution in [0.5, 0.6) is 0 Å². The summed E-state index contributed by atoms with van der Waals surface area (Å²) in [5.41, 5.74) is 1.40. The van der Waals surface area contributed by atoms with Gasteiger partial charge in [-0.2, -0.15) is 0 Å². The fraction of sp³-hybridized carbons (Fsp3) is 0.571. The molecule has 1 rings (SSSR count). The van der Waals surface area contributed by atoms with Crippen molar-refractivity contribution in [2.75, 3.05) is 20.1 Å². The molecule has 0 heterocycles. The van der Waals surface area contributed by atoms with E-state index in [-0.39, 0.29) is 0 Å². The number of nitrogens with one attached hydrogen (secondary N) is 1. The van der Waals surface area contributed by atoms with E-state index in [1.165, 1.54) is 12.0 Å². The Hall–Kier alpha value is -0.860. The molecule has 0 spiro atoms. The molecule has 90 valence electrons. The van der Waals surface area contributed by atoms with Crippen LogP contribution in [0.3, 0.4) is 0 Å². The van der Waals surface area contributed by atoms with E-state index in [0.29, 0.717) is 6.04 Å². The Labute approximate surface area is 99.7 Å². The number of nitrogens with zero attached hydrogens (tertiary/aromatic N) is 1. The summed E-state index contributed by atoms with van der Waals surface area (Å²) in [5, 5.41) is 3.20. The number of rotatable bonds is 7. The Morgan fingerprint density at radius 2 is 1.88 bits per heavy atom. The summed E-state index contributed by atoms with van der Waals surface area (Å²) in [7, 11) is 2.01. The molecule has 0 fully saturated rings. The van der Waals surface area contributed by atoms with Crippen LogP contribution in [0.25, 0.3) is 0 Å². The standard InChI is InChI=1S/C14H24N2/c1-13(2)16(11-7-10-15-3)12-14-8-5-4-6-9-14/h4-6,8-9,13,15H,7,10-12H2,1-3H3. The quantitative estimate of drug-likeness (QED) is 0.710. The van der Waals surface area contributed by atoms with Gasteiger partial charge in [0.25, 0.3) is 0 Å². The minimum absolute atomic E-state index is 0.608. The Balaban J connectivity index is 2.45. The second-order valence-corrected chi connectivity index (χ2v) is 4.51. The average molecular weight is 220 g/mol. The van der Waals surface area contributed by atoms with Crippen molar-refractivity contribution in [3.8, 4) is 0 Å². The molecule has 1 aromatic carbocycles. The second-order valence-electron chi connectivity index (χ2n) is 4.51. The molecule has 0 unspecified atom stereocenters. The van der Waals surface area contributed by atoms with Crippen molar-refractivity contribution in [2.24, 2.45) is 0 Å². The Morgan fingerprint density at radius 3 is 2.44 bits per heavy atom. The van der Waals surface area contributed by atoms with Crippen LogP contribution in [-0.4, -0.2) is 31.1 Å². The molecular formula is C14H24N2. The highest BCUT2D eigenvalue weighted by molar-refractivity contribution is 5.14. The van der Waals surface area contributed by atoms with Gasteiger partial charge in [0.1, 0.15) is 0 Å². The summed E-state index contributed by atoms with van der Waals surface area (Å²) in [6.07, 6.45) is 1.21. The topological polar surface area (TPSA) is 15.3 Å². The molecule has 16 heavy (non-hydrogen) atoms. The number of hydrogen-bond donors (Lipinski definition) is 1. The highest BCUT2D eigenvalue weighted by atomic mass is 15.1. The SMILES string of the molecule is CNCCCN(Cc1ccccc1)C(C)C. The molecule has 0 aliphatic rings. The predicted molar refractivity (Wildman–Crippen MR) is 70.5 cm³/mol. The summed E-state index contributed by atoms with van der Waals surface area (Å²) in [4.78, 5) is 2.52. The van der Waals surface area contributed by atoms with Crippen LogP contribution in [-0.2, 0) is 6.54 Å². The van der Waals surface area contributed by atoms with Gasteiger partial charge in [0, 0.05) is 12.6 Å². The van der Waals surface area contributed by atoms with Gasteiger partial charge in [-0.25, -0.2) is 0 Å². The van der Waals surface area contributed by atoms with Crippen LogP contribution in [0.15, 0.2) is 30.3 Å². The zero-order valence-electron chi connectivity index (χ0n) is 10.7. The van der Waals surface area contributed by atoms with E-state index >= 15 is 0 Å². The third-order valence-electron chi connectivity index (χ3n) is 2.83. The molecule has 0 aliphatic carbocycles. The van der Waals surface area contributed by atoms with E-state index in [9.17, 15) is 0 Å². The summed E-state index contributed by atoms with van der Waals surface area (Å²) in [5.74, 6) is 0. The fourth-order valence-electron chi connectivity index (χ4n) is 1.80. The molecule has 0 aromatic heterocycles. The minimum Gasteiger partial charge on any atom is -0.320 e. The lowest BCUT2D eigenvalue weighted by molar-refractivity contribution is 0.210. The third-order valence-corrected chi connectivity index (χ3v) is 2.83. The maximum absolute atomic E-state index is 3.20. The first kappa shape index (κ1) is 13.2. The smallest absolute Gasteiger partial charge is 0.0236 e. The van der Waals surface area contributed by atoms with Gasteiger partial charge in [-0.05, 0) is 46.0 Å². The van der Waals surface area contributed by atoms with E-state index in [1.807, 2.05) is 7.05 Å². The molecule has 0 amide bonds. The Morgan fingerprint density at radius 1 is 1.19 bits per heavy atom. The largest absolute Gasteiger partial charge is 0.320 e. The lowest BCUT2D eigenvalue weighted by Gasteiger charge is -2.26. The molecule has 1 aromatic rings. The normalized spacial score (nSPS) is 11.3. The lowest BCUT2D eigenvalue weighted by atomic mass is 10.2. The maximum atomic E-state index is 3.20. The highest BCUT2D eigenvalue weighted by Crippen LogP contribution is 2.08. The van der Waals surface area contributed by atoms with Gasteiger partial charge >= 0.3 is 0 Å². The summed E-state index contributed by atoms with van der Waals surface area (Å²) in [6.45, 7) is 7.85. The van der Waals surface area contributed by atoms with Gasteiger partial charge in [0.05, 0.1) is 0 Å². The van der Waals surface area contributed by atoms with Gasteiger partial charge < -0.3 is 5.32 Å². The van der Waals surface area contributed by atoms with Crippen molar-refractivity contribution < 1.29 is 0 Å². The van der Waals surface area contributed by atoms with Crippen LogP contribution >= 0.6 is 0 Å². The van der Waals surface area contributed by atoms with Crippen molar-refractivity contribution in [2.45, 2.75) is 32.9 Å². The molecule has 0 bridgehead atoms. The van der Waals surface area contributed by atoms with Gasteiger partial charge in [-0.15, -0.1) is 0 Å². The lowest BCUT2D eigenvalue weighted by Crippen LogP contribution is -2.32. The first-order valence-electron chi connectivity index (χ1n) is 6.16. The van der Waals surface area contributed by atoms with Gasteiger partial charge in [-0.3, -0.25) is 4.90 Å². The van der Waals surface area contributed by atoms with Crippen molar-refractivity contribution in [3.63, 3.8) is 0 Å². The summed E-state index contributed by atoms with van der Waals surface area (Å²) < 4.78 is 0. The highest BCUT2D eigenvalue weighted by Gasteiger charge is 2.08. The van der Waals surface area contributed by atoms with E-state index in [0.717, 1.165) is 19.6 Å². The summed E-state index contributed by atoms with van der Waals surface area (Å²) >= 11 is 0. The first-order chi connectivity index (χ1) is 7.74. The fourth-order valence-corrected chi connectivity index (χ4v) is 1.80. The Bertz CT molecular complexity index is 269. The molecule has 0 atom stereocenters. The van der Waals surface area contributed by atoms with E-state index in [1.54, 1.807) is 0 Å². The number of benzene rings is 1. The van der Waals surface area contributed by atoms with Crippen molar-refractivity contribution in [3.05, 3.63) is 35.9 Å². The van der Waals surface area contributed by atoms with Crippen LogP contribution in [0, 0.1) is 0 Å². The number of hydrogen-bond acceptors (Lipinski definition) is 2. The van der Waals surface area contributed by atoms with Crippen LogP contribution in [0.1, 0.15) is 25.8 Å².